The number of carbonyl (C=O) groups is 2. The molecule has 0 bridgehead atoms. The average Bonchev–Trinajstić information content (AvgIpc) is 2.45. The minimum Gasteiger partial charge on any atom is -0.468 e. The topological polar surface area (TPSA) is 116 Å². The second-order valence-electron chi connectivity index (χ2n) is 4.08. The van der Waals surface area contributed by atoms with Crippen molar-refractivity contribution < 1.29 is 27.5 Å². The average molecular weight is 316 g/mol. The third-order valence-electron chi connectivity index (χ3n) is 2.68. The highest BCUT2D eigenvalue weighted by Crippen LogP contribution is 2.22. The summed E-state index contributed by atoms with van der Waals surface area (Å²) in [4.78, 5) is 22.6. The van der Waals surface area contributed by atoms with Gasteiger partial charge in [-0.25, -0.2) is 13.2 Å². The normalized spacial score (nSPS) is 11.2. The van der Waals surface area contributed by atoms with Crippen molar-refractivity contribution in [3.05, 3.63) is 23.8 Å². The summed E-state index contributed by atoms with van der Waals surface area (Å²) in [5.74, 6) is -1.57. The molecule has 1 aromatic carbocycles. The number of hydrogen-bond acceptors (Lipinski definition) is 7. The smallest absolute Gasteiger partial charge is 0.339 e. The molecule has 2 N–H and O–H groups in total. The van der Waals surface area contributed by atoms with E-state index < -0.39 is 28.5 Å². The molecule has 0 saturated carbocycles. The van der Waals surface area contributed by atoms with Gasteiger partial charge in [0.15, 0.2) is 0 Å². The van der Waals surface area contributed by atoms with E-state index in [0.29, 0.717) is 0 Å². The number of nitrogen functional groups attached to an aromatic ring is 1. The van der Waals surface area contributed by atoms with Gasteiger partial charge in [0, 0.05) is 12.7 Å². The predicted octanol–water partition coefficient (Wildman–Crippen LogP) is -0.151. The van der Waals surface area contributed by atoms with Crippen molar-refractivity contribution in [2.24, 2.45) is 0 Å². The summed E-state index contributed by atoms with van der Waals surface area (Å²) >= 11 is 0. The van der Waals surface area contributed by atoms with Crippen LogP contribution in [0, 0.1) is 0 Å². The van der Waals surface area contributed by atoms with E-state index in [1.807, 2.05) is 0 Å². The summed E-state index contributed by atoms with van der Waals surface area (Å²) < 4.78 is 34.5. The van der Waals surface area contributed by atoms with Gasteiger partial charge in [-0.15, -0.1) is 0 Å². The van der Waals surface area contributed by atoms with E-state index in [2.05, 4.69) is 9.47 Å². The first-order chi connectivity index (χ1) is 9.73. The zero-order valence-electron chi connectivity index (χ0n) is 11.8. The zero-order chi connectivity index (χ0) is 16.2. The first-order valence-corrected chi connectivity index (χ1v) is 7.19. The van der Waals surface area contributed by atoms with Crippen LogP contribution in [0.15, 0.2) is 23.1 Å². The lowest BCUT2D eigenvalue weighted by Gasteiger charge is -2.17. The first kappa shape index (κ1) is 16.9. The molecule has 0 heterocycles. The highest BCUT2D eigenvalue weighted by molar-refractivity contribution is 7.89. The number of esters is 2. The van der Waals surface area contributed by atoms with Crippen molar-refractivity contribution in [3.63, 3.8) is 0 Å². The molecule has 0 atom stereocenters. The van der Waals surface area contributed by atoms with E-state index in [1.54, 1.807) is 0 Å². The fraction of sp³-hybridized carbons (Fsp3) is 0.333. The molecular weight excluding hydrogens is 300 g/mol. The monoisotopic (exact) mass is 316 g/mol. The lowest BCUT2D eigenvalue weighted by atomic mass is 10.2. The molecule has 1 aromatic rings. The second kappa shape index (κ2) is 6.55. The van der Waals surface area contributed by atoms with Crippen LogP contribution in [0.4, 0.5) is 5.69 Å². The summed E-state index contributed by atoms with van der Waals surface area (Å²) in [6, 6.07) is 3.72. The summed E-state index contributed by atoms with van der Waals surface area (Å²) in [7, 11) is -0.603. The van der Waals surface area contributed by atoms with Crippen LogP contribution < -0.4 is 5.73 Å². The van der Waals surface area contributed by atoms with E-state index in [1.165, 1.54) is 25.2 Å². The maximum absolute atomic E-state index is 12.4. The third-order valence-corrected chi connectivity index (χ3v) is 4.54. The SMILES string of the molecule is COC(=O)CN(C)S(=O)(=O)c1ccc(N)cc1C(=O)OC. The number of ether oxygens (including phenoxy) is 2. The highest BCUT2D eigenvalue weighted by Gasteiger charge is 2.28. The van der Waals surface area contributed by atoms with Crippen LogP contribution in [-0.4, -0.2) is 52.5 Å². The van der Waals surface area contributed by atoms with E-state index in [4.69, 9.17) is 5.73 Å². The number of anilines is 1. The molecule has 0 unspecified atom stereocenters. The summed E-state index contributed by atoms with van der Waals surface area (Å²) in [5.41, 5.74) is 5.56. The van der Waals surface area contributed by atoms with Crippen LogP contribution in [0.3, 0.4) is 0 Å². The number of rotatable bonds is 5. The molecule has 0 aliphatic heterocycles. The van der Waals surface area contributed by atoms with Crippen LogP contribution in [0.1, 0.15) is 10.4 Å². The molecule has 0 saturated heterocycles. The van der Waals surface area contributed by atoms with Gasteiger partial charge in [0.2, 0.25) is 10.0 Å². The zero-order valence-corrected chi connectivity index (χ0v) is 12.6. The van der Waals surface area contributed by atoms with Crippen molar-refractivity contribution in [3.8, 4) is 0 Å². The number of hydrogen-bond donors (Lipinski definition) is 1. The van der Waals surface area contributed by atoms with Crippen LogP contribution in [0.5, 0.6) is 0 Å². The minimum absolute atomic E-state index is 0.200. The lowest BCUT2D eigenvalue weighted by molar-refractivity contribution is -0.140. The van der Waals surface area contributed by atoms with E-state index >= 15 is 0 Å². The van der Waals surface area contributed by atoms with Crippen LogP contribution in [-0.2, 0) is 24.3 Å². The summed E-state index contributed by atoms with van der Waals surface area (Å²) in [6.07, 6.45) is 0. The van der Waals surface area contributed by atoms with Gasteiger partial charge in [-0.1, -0.05) is 0 Å². The third kappa shape index (κ3) is 3.70. The molecule has 8 nitrogen and oxygen atoms in total. The van der Waals surface area contributed by atoms with Crippen molar-refractivity contribution in [2.45, 2.75) is 4.90 Å². The second-order valence-corrected chi connectivity index (χ2v) is 6.10. The largest absolute Gasteiger partial charge is 0.468 e. The molecule has 21 heavy (non-hydrogen) atoms. The van der Waals surface area contributed by atoms with Gasteiger partial charge in [-0.2, -0.15) is 4.31 Å². The fourth-order valence-corrected chi connectivity index (χ4v) is 2.81. The van der Waals surface area contributed by atoms with E-state index in [-0.39, 0.29) is 16.1 Å². The van der Waals surface area contributed by atoms with Crippen LogP contribution in [0.2, 0.25) is 0 Å². The first-order valence-electron chi connectivity index (χ1n) is 5.75. The molecule has 0 spiro atoms. The molecular formula is C12H16N2O6S. The number of methoxy groups -OCH3 is 2. The van der Waals surface area contributed by atoms with Gasteiger partial charge in [-0.05, 0) is 18.2 Å². The van der Waals surface area contributed by atoms with Crippen molar-refractivity contribution in [2.75, 3.05) is 33.5 Å². The lowest BCUT2D eigenvalue weighted by Crippen LogP contribution is -2.33. The molecule has 0 amide bonds. The van der Waals surface area contributed by atoms with Gasteiger partial charge >= 0.3 is 11.9 Å². The fourth-order valence-electron chi connectivity index (χ4n) is 1.54. The minimum atomic E-state index is -4.07. The number of sulfonamides is 1. The Morgan fingerprint density at radius 2 is 1.86 bits per heavy atom. The number of nitrogens with two attached hydrogens (primary N) is 1. The van der Waals surface area contributed by atoms with Crippen LogP contribution >= 0.6 is 0 Å². The molecule has 9 heteroatoms. The Balaban J connectivity index is 3.31. The number of nitrogens with zero attached hydrogens (tertiary/aromatic N) is 1. The standard InChI is InChI=1S/C12H16N2O6S/c1-14(7-11(15)19-2)21(17,18)10-5-4-8(13)6-9(10)12(16)20-3/h4-6H,7,13H2,1-3H3. The summed E-state index contributed by atoms with van der Waals surface area (Å²) in [5, 5.41) is 0. The molecule has 116 valence electrons. The molecule has 0 fully saturated rings. The van der Waals surface area contributed by atoms with E-state index in [0.717, 1.165) is 18.5 Å². The Morgan fingerprint density at radius 1 is 1.24 bits per heavy atom. The Morgan fingerprint density at radius 3 is 2.38 bits per heavy atom. The molecule has 1 rings (SSSR count). The number of likely N-dealkylation sites (N-methyl/N-ethyl adjacent to an activating group) is 1. The van der Waals surface area contributed by atoms with Gasteiger partial charge in [-0.3, -0.25) is 4.79 Å². The Hall–Kier alpha value is -2.13. The Bertz CT molecular complexity index is 656. The van der Waals surface area contributed by atoms with Crippen molar-refractivity contribution in [1.29, 1.82) is 0 Å². The van der Waals surface area contributed by atoms with Gasteiger partial charge in [0.1, 0.15) is 6.54 Å². The molecule has 0 aliphatic rings. The maximum Gasteiger partial charge on any atom is 0.339 e. The molecule has 0 aliphatic carbocycles. The number of benzene rings is 1. The maximum atomic E-state index is 12.4. The quantitative estimate of drug-likeness (QED) is 0.593. The van der Waals surface area contributed by atoms with Crippen LogP contribution in [0.25, 0.3) is 0 Å². The molecule has 0 aromatic heterocycles. The van der Waals surface area contributed by atoms with Crippen molar-refractivity contribution >= 4 is 27.6 Å². The van der Waals surface area contributed by atoms with E-state index in [9.17, 15) is 18.0 Å². The van der Waals surface area contributed by atoms with Gasteiger partial charge in [0.25, 0.3) is 0 Å². The van der Waals surface area contributed by atoms with Gasteiger partial charge < -0.3 is 15.2 Å². The van der Waals surface area contributed by atoms with Gasteiger partial charge in [0.05, 0.1) is 24.7 Å². The number of carbonyl (C=O) groups excluding carboxylic acids is 2. The van der Waals surface area contributed by atoms with Crippen molar-refractivity contribution in [1.82, 2.24) is 4.31 Å². The highest BCUT2D eigenvalue weighted by atomic mass is 32.2. The summed E-state index contributed by atoms with van der Waals surface area (Å²) in [6.45, 7) is -0.482. The Kier molecular flexibility index (Phi) is 5.28. The Labute approximate surface area is 122 Å². The molecule has 0 radical (unpaired) electrons. The predicted molar refractivity (Wildman–Crippen MR) is 74.0 cm³/mol.